The highest BCUT2D eigenvalue weighted by molar-refractivity contribution is 6.46. The summed E-state index contributed by atoms with van der Waals surface area (Å²) in [5, 5.41) is 11.0. The molecule has 3 rings (SSSR count). The molecule has 0 aliphatic carbocycles. The van der Waals surface area contributed by atoms with Gasteiger partial charge in [-0.1, -0.05) is 0 Å². The quantitative estimate of drug-likeness (QED) is 0.311. The summed E-state index contributed by atoms with van der Waals surface area (Å²) in [4.78, 5) is 31.2. The van der Waals surface area contributed by atoms with E-state index >= 15 is 0 Å². The number of rotatable bonds is 8. The third kappa shape index (κ3) is 4.52. The van der Waals surface area contributed by atoms with Gasteiger partial charge in [0, 0.05) is 31.1 Å². The van der Waals surface area contributed by atoms with Gasteiger partial charge < -0.3 is 19.5 Å². The van der Waals surface area contributed by atoms with Gasteiger partial charge in [-0.15, -0.1) is 0 Å². The number of carbonyl (C=O) groups is 2. The molecule has 1 saturated heterocycles. The van der Waals surface area contributed by atoms with Crippen LogP contribution in [0.4, 0.5) is 0 Å². The van der Waals surface area contributed by atoms with Crippen LogP contribution in [0.25, 0.3) is 5.76 Å². The zero-order valence-electron chi connectivity index (χ0n) is 17.4. The number of aliphatic hydroxyl groups is 1. The smallest absolute Gasteiger partial charge is 0.295 e. The highest BCUT2D eigenvalue weighted by Crippen LogP contribution is 2.39. The Balaban J connectivity index is 1.99. The SMILES string of the molecule is COc1ccc(/C(O)=C2/C(=O)C(=O)N(CCCOC(C)C)C2c2ccncc2)cc1. The van der Waals surface area contributed by atoms with E-state index in [-0.39, 0.29) is 17.4 Å². The Labute approximate surface area is 175 Å². The number of aromatic nitrogens is 1. The number of amides is 1. The van der Waals surface area contributed by atoms with E-state index < -0.39 is 17.7 Å². The van der Waals surface area contributed by atoms with Crippen molar-refractivity contribution in [1.82, 2.24) is 9.88 Å². The lowest BCUT2D eigenvalue weighted by molar-refractivity contribution is -0.140. The van der Waals surface area contributed by atoms with E-state index in [4.69, 9.17) is 9.47 Å². The second-order valence-corrected chi connectivity index (χ2v) is 7.27. The molecule has 1 fully saturated rings. The lowest BCUT2D eigenvalue weighted by Crippen LogP contribution is -2.31. The van der Waals surface area contributed by atoms with Gasteiger partial charge in [0.25, 0.3) is 11.7 Å². The summed E-state index contributed by atoms with van der Waals surface area (Å²) in [6, 6.07) is 9.49. The molecule has 2 heterocycles. The van der Waals surface area contributed by atoms with Gasteiger partial charge in [0.15, 0.2) is 0 Å². The lowest BCUT2D eigenvalue weighted by Gasteiger charge is -2.25. The Morgan fingerprint density at radius 3 is 2.40 bits per heavy atom. The highest BCUT2D eigenvalue weighted by atomic mass is 16.5. The molecule has 7 heteroatoms. The molecule has 2 aromatic rings. The molecule has 1 aromatic heterocycles. The molecule has 0 bridgehead atoms. The van der Waals surface area contributed by atoms with Crippen molar-refractivity contribution in [2.24, 2.45) is 0 Å². The maximum Gasteiger partial charge on any atom is 0.295 e. The van der Waals surface area contributed by atoms with E-state index in [9.17, 15) is 14.7 Å². The third-order valence-electron chi connectivity index (χ3n) is 4.92. The molecule has 7 nitrogen and oxygen atoms in total. The summed E-state index contributed by atoms with van der Waals surface area (Å²) in [7, 11) is 1.55. The number of likely N-dealkylation sites (tertiary alicyclic amines) is 1. The predicted octanol–water partition coefficient (Wildman–Crippen LogP) is 3.33. The molecule has 30 heavy (non-hydrogen) atoms. The molecule has 1 aliphatic heterocycles. The minimum Gasteiger partial charge on any atom is -0.507 e. The van der Waals surface area contributed by atoms with Crippen LogP contribution in [0.5, 0.6) is 5.75 Å². The van der Waals surface area contributed by atoms with Gasteiger partial charge >= 0.3 is 0 Å². The fourth-order valence-corrected chi connectivity index (χ4v) is 3.46. The monoisotopic (exact) mass is 410 g/mol. The number of hydrogen-bond acceptors (Lipinski definition) is 6. The van der Waals surface area contributed by atoms with Crippen molar-refractivity contribution >= 4 is 17.4 Å². The van der Waals surface area contributed by atoms with Crippen molar-refractivity contribution < 1.29 is 24.2 Å². The van der Waals surface area contributed by atoms with Crippen molar-refractivity contribution in [1.29, 1.82) is 0 Å². The van der Waals surface area contributed by atoms with E-state index in [1.54, 1.807) is 55.9 Å². The van der Waals surface area contributed by atoms with Crippen molar-refractivity contribution in [3.8, 4) is 5.75 Å². The first kappa shape index (κ1) is 21.5. The molecule has 158 valence electrons. The first-order valence-corrected chi connectivity index (χ1v) is 9.88. The van der Waals surface area contributed by atoms with Gasteiger partial charge in [0.1, 0.15) is 11.5 Å². The number of hydrogen-bond donors (Lipinski definition) is 1. The summed E-state index contributed by atoms with van der Waals surface area (Å²) in [6.07, 6.45) is 3.87. The molecule has 0 saturated carbocycles. The van der Waals surface area contributed by atoms with E-state index in [1.165, 1.54) is 4.90 Å². The summed E-state index contributed by atoms with van der Waals surface area (Å²) in [5.74, 6) is -0.909. The summed E-state index contributed by atoms with van der Waals surface area (Å²) < 4.78 is 10.7. The largest absolute Gasteiger partial charge is 0.507 e. The number of nitrogens with zero attached hydrogens (tertiary/aromatic N) is 2. The fourth-order valence-electron chi connectivity index (χ4n) is 3.46. The first-order chi connectivity index (χ1) is 14.4. The van der Waals surface area contributed by atoms with Crippen molar-refractivity contribution in [2.45, 2.75) is 32.4 Å². The van der Waals surface area contributed by atoms with Crippen LogP contribution in [0.3, 0.4) is 0 Å². The topological polar surface area (TPSA) is 89.0 Å². The minimum absolute atomic E-state index is 0.0705. The molecular formula is C23H26N2O5. The van der Waals surface area contributed by atoms with Gasteiger partial charge in [-0.3, -0.25) is 14.6 Å². The van der Waals surface area contributed by atoms with Gasteiger partial charge in [-0.2, -0.15) is 0 Å². The number of ether oxygens (including phenoxy) is 2. The number of carbonyl (C=O) groups excluding carboxylic acids is 2. The normalized spacial score (nSPS) is 18.3. The predicted molar refractivity (Wildman–Crippen MR) is 112 cm³/mol. The molecule has 1 aromatic carbocycles. The first-order valence-electron chi connectivity index (χ1n) is 9.88. The molecule has 1 N–H and O–H groups in total. The average Bonchev–Trinajstić information content (AvgIpc) is 3.01. The molecular weight excluding hydrogens is 384 g/mol. The Morgan fingerprint density at radius 1 is 1.13 bits per heavy atom. The van der Waals surface area contributed by atoms with Crippen molar-refractivity contribution in [3.05, 3.63) is 65.5 Å². The Bertz CT molecular complexity index is 922. The van der Waals surface area contributed by atoms with Crippen molar-refractivity contribution in [2.75, 3.05) is 20.3 Å². The standard InChI is InChI=1S/C23H26N2O5/c1-15(2)30-14-4-13-25-20(16-9-11-24-12-10-16)19(22(27)23(25)28)21(26)17-5-7-18(29-3)8-6-17/h5-12,15,20,26H,4,13-14H2,1-3H3/b21-19-. The second kappa shape index (κ2) is 9.54. The van der Waals surface area contributed by atoms with Crippen LogP contribution >= 0.6 is 0 Å². The Morgan fingerprint density at radius 2 is 1.80 bits per heavy atom. The molecule has 1 aliphatic rings. The summed E-state index contributed by atoms with van der Waals surface area (Å²) >= 11 is 0. The van der Waals surface area contributed by atoms with Crippen LogP contribution in [0, 0.1) is 0 Å². The fraction of sp³-hybridized carbons (Fsp3) is 0.348. The van der Waals surface area contributed by atoms with Crippen LogP contribution in [0.15, 0.2) is 54.4 Å². The number of ketones is 1. The molecule has 0 radical (unpaired) electrons. The van der Waals surface area contributed by atoms with Gasteiger partial charge in [0.2, 0.25) is 0 Å². The Kier molecular flexibility index (Phi) is 6.84. The number of methoxy groups -OCH3 is 1. The highest BCUT2D eigenvalue weighted by Gasteiger charge is 2.45. The van der Waals surface area contributed by atoms with E-state index in [0.717, 1.165) is 0 Å². The zero-order valence-corrected chi connectivity index (χ0v) is 17.4. The Hall–Kier alpha value is -3.19. The van der Waals surface area contributed by atoms with Crippen molar-refractivity contribution in [3.63, 3.8) is 0 Å². The summed E-state index contributed by atoms with van der Waals surface area (Å²) in [6.45, 7) is 4.70. The van der Waals surface area contributed by atoms with Crippen LogP contribution in [0.2, 0.25) is 0 Å². The van der Waals surface area contributed by atoms with E-state index in [0.29, 0.717) is 36.4 Å². The number of pyridine rings is 1. The maximum absolute atomic E-state index is 12.9. The van der Waals surface area contributed by atoms with Crippen LogP contribution in [0.1, 0.15) is 37.4 Å². The number of benzene rings is 1. The zero-order chi connectivity index (χ0) is 21.7. The third-order valence-corrected chi connectivity index (χ3v) is 4.92. The molecule has 1 amide bonds. The number of Topliss-reactive ketones (excluding diaryl/α,β-unsaturated/α-hetero) is 1. The molecule has 0 spiro atoms. The van der Waals surface area contributed by atoms with Crippen LogP contribution in [-0.2, 0) is 14.3 Å². The maximum atomic E-state index is 12.9. The summed E-state index contributed by atoms with van der Waals surface area (Å²) in [5.41, 5.74) is 1.22. The molecule has 1 atom stereocenters. The average molecular weight is 410 g/mol. The lowest BCUT2D eigenvalue weighted by atomic mass is 9.96. The van der Waals surface area contributed by atoms with Gasteiger partial charge in [-0.05, 0) is 62.2 Å². The van der Waals surface area contributed by atoms with Gasteiger partial charge in [-0.25, -0.2) is 0 Å². The minimum atomic E-state index is -0.699. The number of aliphatic hydroxyl groups excluding tert-OH is 1. The van der Waals surface area contributed by atoms with E-state index in [1.807, 2.05) is 13.8 Å². The molecule has 1 unspecified atom stereocenters. The van der Waals surface area contributed by atoms with Crippen LogP contribution in [-0.4, -0.2) is 53.0 Å². The van der Waals surface area contributed by atoms with E-state index in [2.05, 4.69) is 4.98 Å². The second-order valence-electron chi connectivity index (χ2n) is 7.27. The van der Waals surface area contributed by atoms with Crippen LogP contribution < -0.4 is 4.74 Å². The van der Waals surface area contributed by atoms with Gasteiger partial charge in [0.05, 0.1) is 24.8 Å².